The molecule has 0 N–H and O–H groups in total. The fraction of sp³-hybridized carbons (Fsp3) is 0.323. The summed E-state index contributed by atoms with van der Waals surface area (Å²) in [6.45, 7) is 9.52. The number of carbonyl (C=O) groups excluding carboxylic acids is 2. The van der Waals surface area contributed by atoms with Crippen LogP contribution in [0.5, 0.6) is 0 Å². The average molecular weight is 600 g/mol. The summed E-state index contributed by atoms with van der Waals surface area (Å²) in [5, 5.41) is 13.3. The van der Waals surface area contributed by atoms with Crippen molar-refractivity contribution in [3.05, 3.63) is 93.2 Å². The van der Waals surface area contributed by atoms with Crippen LogP contribution in [-0.2, 0) is 17.6 Å². The number of hydrogen-bond acceptors (Lipinski definition) is 5. The monoisotopic (exact) mass is 598 g/mol. The van der Waals surface area contributed by atoms with Gasteiger partial charge >= 0.3 is 0 Å². The van der Waals surface area contributed by atoms with Crippen LogP contribution in [0.25, 0.3) is 5.69 Å². The zero-order valence-electron chi connectivity index (χ0n) is 22.7. The molecule has 1 atom stereocenters. The standard InChI is InChI=1S/C31H31BrN6O2/c1-4-29(39)36-15-12-26-30-27(38(35-26)22-8-5-20(6-9-22)19(2)3)13-16-37(28(30)18-36)31(40)21-7-10-24(32)23(17-21)25-11-14-33-34-25/h4-10,14,17,19,28H,1,11-13,15-16,18H2,2-3H3. The summed E-state index contributed by atoms with van der Waals surface area (Å²) in [7, 11) is 0. The largest absolute Gasteiger partial charge is 0.336 e. The fourth-order valence-electron chi connectivity index (χ4n) is 5.87. The Kier molecular flexibility index (Phi) is 7.00. The van der Waals surface area contributed by atoms with Gasteiger partial charge in [-0.3, -0.25) is 9.59 Å². The van der Waals surface area contributed by atoms with Gasteiger partial charge in [0.2, 0.25) is 5.91 Å². The van der Waals surface area contributed by atoms with Crippen LogP contribution in [0.2, 0.25) is 0 Å². The molecule has 0 saturated carbocycles. The first-order chi connectivity index (χ1) is 19.4. The van der Waals surface area contributed by atoms with Gasteiger partial charge in [0.05, 0.1) is 28.8 Å². The molecule has 3 aliphatic heterocycles. The van der Waals surface area contributed by atoms with Gasteiger partial charge in [-0.15, -0.1) is 0 Å². The van der Waals surface area contributed by atoms with E-state index in [1.807, 2.05) is 27.8 Å². The summed E-state index contributed by atoms with van der Waals surface area (Å²) >= 11 is 3.60. The van der Waals surface area contributed by atoms with Gasteiger partial charge in [-0.25, -0.2) is 4.68 Å². The van der Waals surface area contributed by atoms with Crippen molar-refractivity contribution >= 4 is 39.7 Å². The molecule has 0 fully saturated rings. The molecule has 0 saturated heterocycles. The minimum atomic E-state index is -0.305. The van der Waals surface area contributed by atoms with E-state index in [9.17, 15) is 9.59 Å². The number of hydrogen-bond donors (Lipinski definition) is 0. The summed E-state index contributed by atoms with van der Waals surface area (Å²) in [4.78, 5) is 30.6. The Morgan fingerprint density at radius 2 is 1.90 bits per heavy atom. The molecule has 0 bridgehead atoms. The Bertz CT molecular complexity index is 1570. The molecule has 3 aromatic rings. The zero-order valence-corrected chi connectivity index (χ0v) is 24.3. The lowest BCUT2D eigenvalue weighted by Crippen LogP contribution is -2.45. The van der Waals surface area contributed by atoms with Gasteiger partial charge in [-0.1, -0.05) is 48.5 Å². The lowest BCUT2D eigenvalue weighted by atomic mass is 9.94. The van der Waals surface area contributed by atoms with Crippen LogP contribution in [0.1, 0.15) is 70.7 Å². The first kappa shape index (κ1) is 26.4. The Morgan fingerprint density at radius 3 is 2.60 bits per heavy atom. The topological polar surface area (TPSA) is 83.2 Å². The highest BCUT2D eigenvalue weighted by Gasteiger charge is 2.40. The summed E-state index contributed by atoms with van der Waals surface area (Å²) in [6, 6.07) is 13.9. The van der Waals surface area contributed by atoms with E-state index in [2.05, 4.69) is 70.8 Å². The van der Waals surface area contributed by atoms with Crippen molar-refractivity contribution < 1.29 is 9.59 Å². The summed E-state index contributed by atoms with van der Waals surface area (Å²) in [5.74, 6) is 0.246. The minimum absolute atomic E-state index is 0.0724. The van der Waals surface area contributed by atoms with Crippen LogP contribution in [0.15, 0.2) is 69.8 Å². The van der Waals surface area contributed by atoms with E-state index in [4.69, 9.17) is 5.10 Å². The lowest BCUT2D eigenvalue weighted by Gasteiger charge is -2.38. The highest BCUT2D eigenvalue weighted by Crippen LogP contribution is 2.38. The molecule has 1 unspecified atom stereocenters. The zero-order chi connectivity index (χ0) is 28.0. The maximum absolute atomic E-state index is 14.1. The third kappa shape index (κ3) is 4.62. The molecule has 4 heterocycles. The minimum Gasteiger partial charge on any atom is -0.336 e. The van der Waals surface area contributed by atoms with Crippen molar-refractivity contribution in [3.8, 4) is 5.69 Å². The number of carbonyl (C=O) groups is 2. The van der Waals surface area contributed by atoms with E-state index < -0.39 is 0 Å². The number of nitrogens with zero attached hydrogens (tertiary/aromatic N) is 6. The Hall–Kier alpha value is -3.85. The van der Waals surface area contributed by atoms with Gasteiger partial charge in [-0.2, -0.15) is 15.3 Å². The summed E-state index contributed by atoms with van der Waals surface area (Å²) in [5.41, 5.74) is 7.70. The molecule has 0 aliphatic carbocycles. The molecule has 0 spiro atoms. The fourth-order valence-corrected chi connectivity index (χ4v) is 6.34. The third-order valence-electron chi connectivity index (χ3n) is 8.03. The molecule has 1 aromatic heterocycles. The van der Waals surface area contributed by atoms with Crippen LogP contribution in [0.3, 0.4) is 0 Å². The smallest absolute Gasteiger partial charge is 0.254 e. The normalized spacial score (nSPS) is 18.0. The number of halogens is 1. The number of rotatable bonds is 5. The predicted molar refractivity (Wildman–Crippen MR) is 159 cm³/mol. The molecular formula is C31H31BrN6O2. The summed E-state index contributed by atoms with van der Waals surface area (Å²) in [6.07, 6.45) is 5.04. The van der Waals surface area contributed by atoms with Crippen molar-refractivity contribution in [1.82, 2.24) is 19.6 Å². The molecule has 204 valence electrons. The van der Waals surface area contributed by atoms with Gasteiger partial charge in [0.15, 0.2) is 0 Å². The molecule has 3 aliphatic rings. The van der Waals surface area contributed by atoms with Crippen LogP contribution in [-0.4, -0.2) is 63.0 Å². The molecule has 8 nitrogen and oxygen atoms in total. The second-order valence-electron chi connectivity index (χ2n) is 10.7. The van der Waals surface area contributed by atoms with Crippen molar-refractivity contribution in [3.63, 3.8) is 0 Å². The highest BCUT2D eigenvalue weighted by molar-refractivity contribution is 9.10. The Morgan fingerprint density at radius 1 is 1.10 bits per heavy atom. The second-order valence-corrected chi connectivity index (χ2v) is 11.6. The van der Waals surface area contributed by atoms with Crippen LogP contribution < -0.4 is 0 Å². The average Bonchev–Trinajstić information content (AvgIpc) is 3.59. The van der Waals surface area contributed by atoms with Crippen LogP contribution >= 0.6 is 15.9 Å². The number of aromatic nitrogens is 2. The van der Waals surface area contributed by atoms with Gasteiger partial charge in [0.1, 0.15) is 0 Å². The maximum Gasteiger partial charge on any atom is 0.254 e. The van der Waals surface area contributed by atoms with Crippen molar-refractivity contribution in [2.24, 2.45) is 10.2 Å². The Labute approximate surface area is 242 Å². The second kappa shape index (κ2) is 10.6. The van der Waals surface area contributed by atoms with E-state index in [0.717, 1.165) is 38.4 Å². The quantitative estimate of drug-likeness (QED) is 0.376. The van der Waals surface area contributed by atoms with Gasteiger partial charge in [0.25, 0.3) is 5.91 Å². The van der Waals surface area contributed by atoms with E-state index in [1.165, 1.54) is 11.6 Å². The Balaban J connectivity index is 1.40. The lowest BCUT2D eigenvalue weighted by molar-refractivity contribution is -0.126. The van der Waals surface area contributed by atoms with Crippen LogP contribution in [0.4, 0.5) is 0 Å². The molecular weight excluding hydrogens is 568 g/mol. The predicted octanol–water partition coefficient (Wildman–Crippen LogP) is 5.25. The van der Waals surface area contributed by atoms with Crippen LogP contribution in [0, 0.1) is 0 Å². The SMILES string of the molecule is C=CC(=O)N1CCc2nn(-c3ccc(C(C)C)cc3)c3c2C(C1)N(C(=O)c1ccc(Br)c(C2=NN=CC2)c1)CC3. The number of amides is 2. The van der Waals surface area contributed by atoms with E-state index in [-0.39, 0.29) is 17.9 Å². The molecule has 6 rings (SSSR count). The molecule has 0 radical (unpaired) electrons. The van der Waals surface area contributed by atoms with E-state index in [0.29, 0.717) is 50.4 Å². The summed E-state index contributed by atoms with van der Waals surface area (Å²) < 4.78 is 2.92. The molecule has 2 aromatic carbocycles. The van der Waals surface area contributed by atoms with E-state index in [1.54, 1.807) is 11.1 Å². The van der Waals surface area contributed by atoms with E-state index >= 15 is 0 Å². The van der Waals surface area contributed by atoms with Crippen molar-refractivity contribution in [1.29, 1.82) is 0 Å². The van der Waals surface area contributed by atoms with Crippen molar-refractivity contribution in [2.45, 2.75) is 45.1 Å². The molecule has 2 amide bonds. The first-order valence-corrected chi connectivity index (χ1v) is 14.5. The highest BCUT2D eigenvalue weighted by atomic mass is 79.9. The first-order valence-electron chi connectivity index (χ1n) is 13.7. The maximum atomic E-state index is 14.1. The van der Waals surface area contributed by atoms with Gasteiger partial charge < -0.3 is 9.80 Å². The van der Waals surface area contributed by atoms with Crippen molar-refractivity contribution in [2.75, 3.05) is 19.6 Å². The third-order valence-corrected chi connectivity index (χ3v) is 8.72. The van der Waals surface area contributed by atoms with Gasteiger partial charge in [-0.05, 0) is 47.9 Å². The molecule has 9 heteroatoms. The number of benzene rings is 2. The molecule has 40 heavy (non-hydrogen) atoms. The van der Waals surface area contributed by atoms with Gasteiger partial charge in [0, 0.05) is 66.3 Å².